The number of hydrogen-bond acceptors (Lipinski definition) is 4. The fourth-order valence-electron chi connectivity index (χ4n) is 1.99. The molecule has 1 amide bonds. The minimum atomic E-state index is -0.271. The van der Waals surface area contributed by atoms with Crippen LogP contribution >= 0.6 is 11.8 Å². The van der Waals surface area contributed by atoms with Crippen LogP contribution in [0.2, 0.25) is 0 Å². The number of aryl methyl sites for hydroxylation is 1. The molecule has 1 aliphatic rings. The molecular formula is C11H18N4OS. The van der Waals surface area contributed by atoms with Gasteiger partial charge in [-0.2, -0.15) is 16.9 Å². The predicted molar refractivity (Wildman–Crippen MR) is 68.9 cm³/mol. The molecule has 17 heavy (non-hydrogen) atoms. The van der Waals surface area contributed by atoms with Crippen molar-refractivity contribution in [3.63, 3.8) is 0 Å². The first-order chi connectivity index (χ1) is 8.22. The summed E-state index contributed by atoms with van der Waals surface area (Å²) in [6.07, 6.45) is 3.63. The Morgan fingerprint density at radius 3 is 2.76 bits per heavy atom. The average Bonchev–Trinajstić information content (AvgIpc) is 2.78. The minimum Gasteiger partial charge on any atom is -0.339 e. The second-order valence-electron chi connectivity index (χ2n) is 4.11. The molecule has 0 aromatic carbocycles. The van der Waals surface area contributed by atoms with Gasteiger partial charge in [0.25, 0.3) is 0 Å². The van der Waals surface area contributed by atoms with Crippen LogP contribution in [-0.4, -0.2) is 52.2 Å². The van der Waals surface area contributed by atoms with Crippen LogP contribution in [0.15, 0.2) is 12.4 Å². The maximum atomic E-state index is 12.4. The molecule has 2 rings (SSSR count). The molecule has 1 N–H and O–H groups in total. The number of aromatic nitrogens is 2. The molecule has 0 bridgehead atoms. The number of carbonyl (C=O) groups excluding carboxylic acids is 1. The molecule has 1 aliphatic heterocycles. The Kier molecular flexibility index (Phi) is 4.06. The van der Waals surface area contributed by atoms with Crippen LogP contribution in [0.5, 0.6) is 0 Å². The molecule has 0 spiro atoms. The van der Waals surface area contributed by atoms with Crippen LogP contribution in [0.1, 0.15) is 11.6 Å². The Morgan fingerprint density at radius 1 is 1.53 bits per heavy atom. The Labute approximate surface area is 106 Å². The molecule has 1 fully saturated rings. The van der Waals surface area contributed by atoms with Crippen LogP contribution in [0.3, 0.4) is 0 Å². The van der Waals surface area contributed by atoms with E-state index in [4.69, 9.17) is 0 Å². The van der Waals surface area contributed by atoms with Gasteiger partial charge >= 0.3 is 0 Å². The van der Waals surface area contributed by atoms with Gasteiger partial charge < -0.3 is 10.2 Å². The summed E-state index contributed by atoms with van der Waals surface area (Å²) >= 11 is 1.90. The zero-order chi connectivity index (χ0) is 12.3. The molecule has 0 saturated carbocycles. The van der Waals surface area contributed by atoms with E-state index in [2.05, 4.69) is 10.4 Å². The lowest BCUT2D eigenvalue weighted by Gasteiger charge is -2.29. The quantitative estimate of drug-likeness (QED) is 0.840. The van der Waals surface area contributed by atoms with Crippen molar-refractivity contribution in [2.24, 2.45) is 7.05 Å². The summed E-state index contributed by atoms with van der Waals surface area (Å²) in [6.45, 7) is 1.70. The van der Waals surface area contributed by atoms with Gasteiger partial charge in [-0.05, 0) is 7.05 Å². The number of thioether (sulfide) groups is 1. The molecule has 0 radical (unpaired) electrons. The molecule has 1 unspecified atom stereocenters. The summed E-state index contributed by atoms with van der Waals surface area (Å²) in [4.78, 5) is 14.3. The number of hydrogen-bond donors (Lipinski definition) is 1. The van der Waals surface area contributed by atoms with Crippen LogP contribution in [-0.2, 0) is 11.8 Å². The second kappa shape index (κ2) is 5.55. The molecule has 0 aliphatic carbocycles. The Hall–Kier alpha value is -1.01. The van der Waals surface area contributed by atoms with E-state index in [0.717, 1.165) is 30.2 Å². The lowest BCUT2D eigenvalue weighted by molar-refractivity contribution is -0.133. The van der Waals surface area contributed by atoms with Crippen molar-refractivity contribution in [3.05, 3.63) is 18.0 Å². The van der Waals surface area contributed by atoms with Crippen molar-refractivity contribution in [2.75, 3.05) is 31.6 Å². The SMILES string of the molecule is CNC(C(=O)N1CCSCC1)c1cnn(C)c1. The largest absolute Gasteiger partial charge is 0.339 e. The molecule has 1 atom stereocenters. The Morgan fingerprint density at radius 2 is 2.24 bits per heavy atom. The van der Waals surface area contributed by atoms with Crippen molar-refractivity contribution < 1.29 is 4.79 Å². The van der Waals surface area contributed by atoms with Crippen molar-refractivity contribution >= 4 is 17.7 Å². The van der Waals surface area contributed by atoms with Gasteiger partial charge in [0.15, 0.2) is 0 Å². The predicted octanol–water partition coefficient (Wildman–Crippen LogP) is 0.256. The topological polar surface area (TPSA) is 50.2 Å². The Bertz CT molecular complexity index is 387. The van der Waals surface area contributed by atoms with Crippen molar-refractivity contribution in [3.8, 4) is 0 Å². The number of carbonyl (C=O) groups is 1. The van der Waals surface area contributed by atoms with Crippen LogP contribution in [0.25, 0.3) is 0 Å². The maximum Gasteiger partial charge on any atom is 0.244 e. The summed E-state index contributed by atoms with van der Waals surface area (Å²) < 4.78 is 1.72. The monoisotopic (exact) mass is 254 g/mol. The highest BCUT2D eigenvalue weighted by Crippen LogP contribution is 2.17. The summed E-state index contributed by atoms with van der Waals surface area (Å²) in [5.74, 6) is 2.23. The molecule has 6 heteroatoms. The van der Waals surface area contributed by atoms with Gasteiger partial charge in [-0.25, -0.2) is 0 Å². The number of nitrogens with one attached hydrogen (secondary N) is 1. The fraction of sp³-hybridized carbons (Fsp3) is 0.636. The number of nitrogens with zero attached hydrogens (tertiary/aromatic N) is 3. The highest BCUT2D eigenvalue weighted by atomic mass is 32.2. The van der Waals surface area contributed by atoms with E-state index < -0.39 is 0 Å². The Balaban J connectivity index is 2.09. The smallest absolute Gasteiger partial charge is 0.244 e. The third-order valence-corrected chi connectivity index (χ3v) is 3.86. The summed E-state index contributed by atoms with van der Waals surface area (Å²) in [5.41, 5.74) is 0.929. The van der Waals surface area contributed by atoms with Gasteiger partial charge in [-0.1, -0.05) is 0 Å². The first kappa shape index (κ1) is 12.4. The van der Waals surface area contributed by atoms with E-state index in [9.17, 15) is 4.79 Å². The van der Waals surface area contributed by atoms with E-state index in [1.165, 1.54) is 0 Å². The molecule has 2 heterocycles. The lowest BCUT2D eigenvalue weighted by Crippen LogP contribution is -2.43. The van der Waals surface area contributed by atoms with Gasteiger partial charge in [0.05, 0.1) is 6.20 Å². The number of rotatable bonds is 3. The van der Waals surface area contributed by atoms with Gasteiger partial charge in [-0.3, -0.25) is 9.48 Å². The minimum absolute atomic E-state index is 0.154. The number of likely N-dealkylation sites (N-methyl/N-ethyl adjacent to an activating group) is 1. The summed E-state index contributed by atoms with van der Waals surface area (Å²) in [5, 5.41) is 7.19. The molecule has 94 valence electrons. The normalized spacial score (nSPS) is 18.1. The molecule has 1 aromatic rings. The molecule has 1 aromatic heterocycles. The number of amides is 1. The van der Waals surface area contributed by atoms with Crippen molar-refractivity contribution in [1.82, 2.24) is 20.0 Å². The lowest BCUT2D eigenvalue weighted by atomic mass is 10.1. The molecular weight excluding hydrogens is 236 g/mol. The third kappa shape index (κ3) is 2.81. The molecule has 1 saturated heterocycles. The molecule has 5 nitrogen and oxygen atoms in total. The van der Waals surface area contributed by atoms with Gasteiger partial charge in [0.2, 0.25) is 5.91 Å². The van der Waals surface area contributed by atoms with E-state index in [0.29, 0.717) is 0 Å². The zero-order valence-electron chi connectivity index (χ0n) is 10.2. The van der Waals surface area contributed by atoms with E-state index in [1.54, 1.807) is 10.9 Å². The average molecular weight is 254 g/mol. The summed E-state index contributed by atoms with van der Waals surface area (Å²) in [7, 11) is 3.67. The van der Waals surface area contributed by atoms with Crippen LogP contribution in [0, 0.1) is 0 Å². The first-order valence-electron chi connectivity index (χ1n) is 5.74. The third-order valence-electron chi connectivity index (χ3n) is 2.92. The highest BCUT2D eigenvalue weighted by Gasteiger charge is 2.26. The first-order valence-corrected chi connectivity index (χ1v) is 6.90. The second-order valence-corrected chi connectivity index (χ2v) is 5.33. The van der Waals surface area contributed by atoms with Crippen molar-refractivity contribution in [2.45, 2.75) is 6.04 Å². The standard InChI is InChI=1S/C11H18N4OS/c1-12-10(9-7-13-14(2)8-9)11(16)15-3-5-17-6-4-15/h7-8,10,12H,3-6H2,1-2H3. The highest BCUT2D eigenvalue weighted by molar-refractivity contribution is 7.99. The maximum absolute atomic E-state index is 12.4. The van der Waals surface area contributed by atoms with Crippen LogP contribution in [0.4, 0.5) is 0 Å². The van der Waals surface area contributed by atoms with E-state index in [1.807, 2.05) is 37.0 Å². The van der Waals surface area contributed by atoms with Crippen LogP contribution < -0.4 is 5.32 Å². The van der Waals surface area contributed by atoms with Gasteiger partial charge in [0.1, 0.15) is 6.04 Å². The van der Waals surface area contributed by atoms with E-state index >= 15 is 0 Å². The summed E-state index contributed by atoms with van der Waals surface area (Å²) in [6, 6.07) is -0.271. The van der Waals surface area contributed by atoms with E-state index in [-0.39, 0.29) is 11.9 Å². The van der Waals surface area contributed by atoms with Gasteiger partial charge in [-0.15, -0.1) is 0 Å². The fourth-order valence-corrected chi connectivity index (χ4v) is 2.89. The van der Waals surface area contributed by atoms with Crippen molar-refractivity contribution in [1.29, 1.82) is 0 Å². The van der Waals surface area contributed by atoms with Gasteiger partial charge in [0, 0.05) is 43.4 Å². The zero-order valence-corrected chi connectivity index (χ0v) is 11.0.